The second kappa shape index (κ2) is 3.08. The molecular weight excluding hydrogens is 170 g/mol. The van der Waals surface area contributed by atoms with Gasteiger partial charge in [-0.25, -0.2) is 4.79 Å². The maximum atomic E-state index is 11.2. The predicted molar refractivity (Wildman–Crippen MR) is 46.3 cm³/mol. The van der Waals surface area contributed by atoms with Crippen molar-refractivity contribution in [3.8, 4) is 0 Å². The van der Waals surface area contributed by atoms with Crippen LogP contribution >= 0.6 is 0 Å². The molecule has 1 aliphatic rings. The molecule has 0 saturated heterocycles. The number of hydrogen-bond acceptors (Lipinski definition) is 4. The van der Waals surface area contributed by atoms with Crippen molar-refractivity contribution in [3.63, 3.8) is 0 Å². The Morgan fingerprint density at radius 1 is 1.77 bits per heavy atom. The SMILES string of the molecule is COC(=O)C1CCc2cn[nH]c2N1. The number of fused-ring (bicyclic) bond motifs is 1. The molecule has 0 saturated carbocycles. The highest BCUT2D eigenvalue weighted by Crippen LogP contribution is 2.21. The van der Waals surface area contributed by atoms with Gasteiger partial charge >= 0.3 is 5.97 Å². The molecule has 5 heteroatoms. The van der Waals surface area contributed by atoms with Gasteiger partial charge in [0.2, 0.25) is 0 Å². The summed E-state index contributed by atoms with van der Waals surface area (Å²) in [5, 5.41) is 9.72. The van der Waals surface area contributed by atoms with Crippen molar-refractivity contribution in [1.82, 2.24) is 10.2 Å². The summed E-state index contributed by atoms with van der Waals surface area (Å²) < 4.78 is 4.65. The number of aromatic nitrogens is 2. The number of ether oxygens (including phenoxy) is 1. The zero-order chi connectivity index (χ0) is 9.26. The first kappa shape index (κ1) is 8.10. The fraction of sp³-hybridized carbons (Fsp3) is 0.500. The van der Waals surface area contributed by atoms with Gasteiger partial charge in [0.25, 0.3) is 0 Å². The lowest BCUT2D eigenvalue weighted by molar-refractivity contribution is -0.141. The fourth-order valence-corrected chi connectivity index (χ4v) is 1.49. The minimum atomic E-state index is -0.238. The van der Waals surface area contributed by atoms with Crippen LogP contribution in [-0.4, -0.2) is 29.3 Å². The maximum Gasteiger partial charge on any atom is 0.328 e. The van der Waals surface area contributed by atoms with Crippen molar-refractivity contribution in [1.29, 1.82) is 0 Å². The van der Waals surface area contributed by atoms with E-state index < -0.39 is 0 Å². The average molecular weight is 181 g/mol. The number of H-pyrrole nitrogens is 1. The van der Waals surface area contributed by atoms with Crippen molar-refractivity contribution in [3.05, 3.63) is 11.8 Å². The third-order valence-corrected chi connectivity index (χ3v) is 2.22. The van der Waals surface area contributed by atoms with Crippen LogP contribution in [0.3, 0.4) is 0 Å². The van der Waals surface area contributed by atoms with Crippen LogP contribution in [0.15, 0.2) is 6.20 Å². The van der Waals surface area contributed by atoms with Crippen LogP contribution in [0.4, 0.5) is 5.82 Å². The maximum absolute atomic E-state index is 11.2. The number of carbonyl (C=O) groups excluding carboxylic acids is 1. The quantitative estimate of drug-likeness (QED) is 0.612. The minimum absolute atomic E-state index is 0.222. The Morgan fingerprint density at radius 3 is 3.38 bits per heavy atom. The van der Waals surface area contributed by atoms with Crippen molar-refractivity contribution in [2.24, 2.45) is 0 Å². The van der Waals surface area contributed by atoms with E-state index in [1.165, 1.54) is 7.11 Å². The molecule has 13 heavy (non-hydrogen) atoms. The minimum Gasteiger partial charge on any atom is -0.467 e. The van der Waals surface area contributed by atoms with E-state index in [2.05, 4.69) is 20.3 Å². The summed E-state index contributed by atoms with van der Waals surface area (Å²) in [5.74, 6) is 0.613. The molecule has 0 radical (unpaired) electrons. The summed E-state index contributed by atoms with van der Waals surface area (Å²) >= 11 is 0. The number of hydrogen-bond donors (Lipinski definition) is 2. The third-order valence-electron chi connectivity index (χ3n) is 2.22. The van der Waals surface area contributed by atoms with E-state index in [0.717, 1.165) is 24.2 Å². The van der Waals surface area contributed by atoms with Crippen LogP contribution in [0.5, 0.6) is 0 Å². The monoisotopic (exact) mass is 181 g/mol. The molecule has 2 rings (SSSR count). The van der Waals surface area contributed by atoms with Gasteiger partial charge in [0, 0.05) is 5.56 Å². The van der Waals surface area contributed by atoms with E-state index in [0.29, 0.717) is 0 Å². The van der Waals surface area contributed by atoms with Crippen LogP contribution in [0, 0.1) is 0 Å². The summed E-state index contributed by atoms with van der Waals surface area (Å²) in [6, 6.07) is -0.238. The molecule has 0 spiro atoms. The van der Waals surface area contributed by atoms with Gasteiger partial charge in [-0.1, -0.05) is 0 Å². The molecule has 1 aromatic rings. The van der Waals surface area contributed by atoms with Gasteiger partial charge < -0.3 is 10.1 Å². The van der Waals surface area contributed by atoms with Gasteiger partial charge in [0.1, 0.15) is 11.9 Å². The van der Waals surface area contributed by atoms with Gasteiger partial charge in [-0.05, 0) is 12.8 Å². The third kappa shape index (κ3) is 1.37. The molecule has 1 aromatic heterocycles. The number of methoxy groups -OCH3 is 1. The fourth-order valence-electron chi connectivity index (χ4n) is 1.49. The summed E-state index contributed by atoms with van der Waals surface area (Å²) in [4.78, 5) is 11.2. The molecule has 0 aliphatic carbocycles. The highest BCUT2D eigenvalue weighted by molar-refractivity contribution is 5.79. The number of carbonyl (C=O) groups is 1. The van der Waals surface area contributed by atoms with Crippen molar-refractivity contribution in [2.75, 3.05) is 12.4 Å². The normalized spacial score (nSPS) is 20.2. The molecule has 2 heterocycles. The molecule has 2 N–H and O–H groups in total. The molecule has 0 amide bonds. The molecular formula is C8H11N3O2. The standard InChI is InChI=1S/C8H11N3O2/c1-13-8(12)6-3-2-5-4-9-11-7(5)10-6/h4,6H,2-3H2,1H3,(H2,9,10,11). The summed E-state index contributed by atoms with van der Waals surface area (Å²) in [7, 11) is 1.40. The van der Waals surface area contributed by atoms with Crippen LogP contribution in [0.2, 0.25) is 0 Å². The highest BCUT2D eigenvalue weighted by atomic mass is 16.5. The number of esters is 1. The van der Waals surface area contributed by atoms with Crippen LogP contribution in [0.25, 0.3) is 0 Å². The number of anilines is 1. The number of nitrogens with zero attached hydrogens (tertiary/aromatic N) is 1. The Kier molecular flexibility index (Phi) is 1.92. The van der Waals surface area contributed by atoms with Gasteiger partial charge in [0.05, 0.1) is 13.3 Å². The van der Waals surface area contributed by atoms with E-state index in [-0.39, 0.29) is 12.0 Å². The van der Waals surface area contributed by atoms with E-state index in [1.807, 2.05) is 0 Å². The lowest BCUT2D eigenvalue weighted by Crippen LogP contribution is -2.34. The van der Waals surface area contributed by atoms with Crippen LogP contribution < -0.4 is 5.32 Å². The number of nitrogens with one attached hydrogen (secondary N) is 2. The Labute approximate surface area is 75.5 Å². The second-order valence-corrected chi connectivity index (χ2v) is 3.03. The lowest BCUT2D eigenvalue weighted by Gasteiger charge is -2.21. The summed E-state index contributed by atoms with van der Waals surface area (Å²) in [5.41, 5.74) is 1.13. The first-order valence-electron chi connectivity index (χ1n) is 4.18. The molecule has 5 nitrogen and oxygen atoms in total. The smallest absolute Gasteiger partial charge is 0.328 e. The molecule has 0 aromatic carbocycles. The van der Waals surface area contributed by atoms with Crippen molar-refractivity contribution in [2.45, 2.75) is 18.9 Å². The number of rotatable bonds is 1. The van der Waals surface area contributed by atoms with E-state index in [4.69, 9.17) is 0 Å². The van der Waals surface area contributed by atoms with Gasteiger partial charge in [0.15, 0.2) is 0 Å². The Hall–Kier alpha value is -1.52. The lowest BCUT2D eigenvalue weighted by atomic mass is 10.0. The Bertz CT molecular complexity index is 321. The molecule has 0 bridgehead atoms. The highest BCUT2D eigenvalue weighted by Gasteiger charge is 2.25. The molecule has 0 fully saturated rings. The number of aryl methyl sites for hydroxylation is 1. The summed E-state index contributed by atoms with van der Waals surface area (Å²) in [6.45, 7) is 0. The zero-order valence-electron chi connectivity index (χ0n) is 7.33. The van der Waals surface area contributed by atoms with E-state index >= 15 is 0 Å². The first-order chi connectivity index (χ1) is 6.31. The second-order valence-electron chi connectivity index (χ2n) is 3.03. The van der Waals surface area contributed by atoms with Crippen molar-refractivity contribution >= 4 is 11.8 Å². The number of aromatic amines is 1. The van der Waals surface area contributed by atoms with Gasteiger partial charge in [-0.15, -0.1) is 0 Å². The molecule has 1 atom stereocenters. The first-order valence-corrected chi connectivity index (χ1v) is 4.18. The predicted octanol–water partition coefficient (Wildman–Crippen LogP) is 0.309. The van der Waals surface area contributed by atoms with E-state index in [9.17, 15) is 4.79 Å². The van der Waals surface area contributed by atoms with Gasteiger partial charge in [-0.2, -0.15) is 5.10 Å². The van der Waals surface area contributed by atoms with Crippen molar-refractivity contribution < 1.29 is 9.53 Å². The Morgan fingerprint density at radius 2 is 2.62 bits per heavy atom. The average Bonchev–Trinajstić information content (AvgIpc) is 2.63. The van der Waals surface area contributed by atoms with Gasteiger partial charge in [-0.3, -0.25) is 5.10 Å². The van der Waals surface area contributed by atoms with E-state index in [1.54, 1.807) is 6.20 Å². The Balaban J connectivity index is 2.13. The summed E-state index contributed by atoms with van der Waals surface area (Å²) in [6.07, 6.45) is 3.40. The largest absolute Gasteiger partial charge is 0.467 e. The molecule has 1 unspecified atom stereocenters. The molecule has 1 aliphatic heterocycles. The van der Waals surface area contributed by atoms with Crippen LogP contribution in [0.1, 0.15) is 12.0 Å². The van der Waals surface area contributed by atoms with Crippen LogP contribution in [-0.2, 0) is 16.0 Å². The zero-order valence-corrected chi connectivity index (χ0v) is 7.33. The molecule has 70 valence electrons. The topological polar surface area (TPSA) is 67.0 Å².